The Bertz CT molecular complexity index is 441. The van der Waals surface area contributed by atoms with Crippen molar-refractivity contribution in [2.45, 2.75) is 39.7 Å². The number of rotatable bonds is 5. The molecule has 1 aliphatic heterocycles. The van der Waals surface area contributed by atoms with Crippen molar-refractivity contribution in [3.63, 3.8) is 0 Å². The van der Waals surface area contributed by atoms with Crippen LogP contribution in [0.25, 0.3) is 0 Å². The van der Waals surface area contributed by atoms with Crippen LogP contribution in [-0.4, -0.2) is 31.1 Å². The molecule has 3 heteroatoms. The lowest BCUT2D eigenvalue weighted by atomic mass is 9.87. The average molecular weight is 276 g/mol. The summed E-state index contributed by atoms with van der Waals surface area (Å²) in [6.45, 7) is 12.7. The Balaban J connectivity index is 2.21. The normalized spacial score (nSPS) is 21.9. The molecule has 2 rings (SSSR count). The fourth-order valence-corrected chi connectivity index (χ4v) is 2.98. The van der Waals surface area contributed by atoms with Crippen LogP contribution in [0.15, 0.2) is 18.2 Å². The van der Waals surface area contributed by atoms with E-state index in [4.69, 9.17) is 10.5 Å². The van der Waals surface area contributed by atoms with Gasteiger partial charge in [-0.05, 0) is 24.6 Å². The zero-order valence-electron chi connectivity index (χ0n) is 13.2. The van der Waals surface area contributed by atoms with Gasteiger partial charge in [-0.2, -0.15) is 0 Å². The summed E-state index contributed by atoms with van der Waals surface area (Å²) in [6.07, 6.45) is 0. The second kappa shape index (κ2) is 6.59. The molecule has 2 N–H and O–H groups in total. The van der Waals surface area contributed by atoms with Gasteiger partial charge in [0.25, 0.3) is 0 Å². The van der Waals surface area contributed by atoms with Gasteiger partial charge in [0, 0.05) is 24.1 Å². The average Bonchev–Trinajstić information content (AvgIpc) is 2.46. The molecular weight excluding hydrogens is 248 g/mol. The van der Waals surface area contributed by atoms with Crippen LogP contribution in [0.3, 0.4) is 0 Å². The van der Waals surface area contributed by atoms with Crippen molar-refractivity contribution in [3.05, 3.63) is 29.3 Å². The smallest absolute Gasteiger partial charge is 0.127 e. The molecule has 0 fully saturated rings. The van der Waals surface area contributed by atoms with Crippen LogP contribution < -0.4 is 10.5 Å². The summed E-state index contributed by atoms with van der Waals surface area (Å²) in [5.74, 6) is 1.88. The molecule has 3 nitrogen and oxygen atoms in total. The molecular formula is C17H28N2O. The minimum Gasteiger partial charge on any atom is -0.493 e. The van der Waals surface area contributed by atoms with Crippen LogP contribution in [0.2, 0.25) is 0 Å². The highest BCUT2D eigenvalue weighted by Crippen LogP contribution is 2.39. The second-order valence-corrected chi connectivity index (χ2v) is 6.00. The number of nitrogens with two attached hydrogens (primary N) is 1. The van der Waals surface area contributed by atoms with Crippen LogP contribution >= 0.6 is 0 Å². The Morgan fingerprint density at radius 1 is 1.30 bits per heavy atom. The molecule has 0 aromatic heterocycles. The first-order chi connectivity index (χ1) is 9.58. The third kappa shape index (κ3) is 2.99. The van der Waals surface area contributed by atoms with Crippen molar-refractivity contribution < 1.29 is 4.74 Å². The highest BCUT2D eigenvalue weighted by Gasteiger charge is 2.30. The van der Waals surface area contributed by atoms with Crippen LogP contribution in [0.5, 0.6) is 5.75 Å². The maximum absolute atomic E-state index is 6.51. The van der Waals surface area contributed by atoms with Gasteiger partial charge in [-0.1, -0.05) is 45.9 Å². The molecule has 0 spiro atoms. The molecule has 0 saturated carbocycles. The predicted octanol–water partition coefficient (Wildman–Crippen LogP) is 3.16. The lowest BCUT2D eigenvalue weighted by molar-refractivity contribution is 0.143. The van der Waals surface area contributed by atoms with Crippen molar-refractivity contribution in [2.24, 2.45) is 11.7 Å². The van der Waals surface area contributed by atoms with Crippen molar-refractivity contribution >= 4 is 0 Å². The number of para-hydroxylation sites is 1. The zero-order valence-corrected chi connectivity index (χ0v) is 13.2. The van der Waals surface area contributed by atoms with E-state index < -0.39 is 0 Å². The molecule has 112 valence electrons. The lowest BCUT2D eigenvalue weighted by Gasteiger charge is -2.35. The molecule has 1 heterocycles. The van der Waals surface area contributed by atoms with Crippen molar-refractivity contribution in [2.75, 3.05) is 26.2 Å². The highest BCUT2D eigenvalue weighted by molar-refractivity contribution is 5.46. The van der Waals surface area contributed by atoms with Crippen molar-refractivity contribution in [3.8, 4) is 5.75 Å². The van der Waals surface area contributed by atoms with Crippen molar-refractivity contribution in [1.29, 1.82) is 0 Å². The van der Waals surface area contributed by atoms with E-state index in [0.29, 0.717) is 11.8 Å². The maximum atomic E-state index is 6.51. The number of fused-ring (bicyclic) bond motifs is 1. The van der Waals surface area contributed by atoms with Gasteiger partial charge < -0.3 is 15.4 Å². The van der Waals surface area contributed by atoms with E-state index in [9.17, 15) is 0 Å². The van der Waals surface area contributed by atoms with E-state index in [0.717, 1.165) is 32.0 Å². The second-order valence-electron chi connectivity index (χ2n) is 6.00. The number of hydrogen-bond donors (Lipinski definition) is 1. The monoisotopic (exact) mass is 276 g/mol. The SMILES string of the molecule is CCN(CC)CC1COc2c(C(C)C)cccc2C1N. The van der Waals surface area contributed by atoms with E-state index in [2.05, 4.69) is 50.8 Å². The fraction of sp³-hybridized carbons (Fsp3) is 0.647. The van der Waals surface area contributed by atoms with Gasteiger partial charge in [0.05, 0.1) is 6.61 Å². The minimum absolute atomic E-state index is 0.0815. The number of hydrogen-bond acceptors (Lipinski definition) is 3. The van der Waals surface area contributed by atoms with Gasteiger partial charge in [0.15, 0.2) is 0 Å². The standard InChI is InChI=1S/C17H28N2O/c1-5-19(6-2)10-13-11-20-17-14(12(3)4)8-7-9-15(17)16(13)18/h7-9,12-13,16H,5-6,10-11,18H2,1-4H3. The Morgan fingerprint density at radius 2 is 2.00 bits per heavy atom. The molecule has 0 saturated heterocycles. The van der Waals surface area contributed by atoms with E-state index >= 15 is 0 Å². The van der Waals surface area contributed by atoms with Gasteiger partial charge in [-0.3, -0.25) is 0 Å². The maximum Gasteiger partial charge on any atom is 0.127 e. The first-order valence-corrected chi connectivity index (χ1v) is 7.81. The molecule has 0 radical (unpaired) electrons. The summed E-state index contributed by atoms with van der Waals surface area (Å²) in [7, 11) is 0. The zero-order chi connectivity index (χ0) is 14.7. The molecule has 20 heavy (non-hydrogen) atoms. The van der Waals surface area contributed by atoms with Crippen LogP contribution in [0.1, 0.15) is 50.8 Å². The highest BCUT2D eigenvalue weighted by atomic mass is 16.5. The fourth-order valence-electron chi connectivity index (χ4n) is 2.98. The van der Waals surface area contributed by atoms with Gasteiger partial charge in [-0.25, -0.2) is 0 Å². The van der Waals surface area contributed by atoms with E-state index in [-0.39, 0.29) is 6.04 Å². The molecule has 2 atom stereocenters. The molecule has 1 aromatic rings. The molecule has 0 bridgehead atoms. The van der Waals surface area contributed by atoms with Crippen LogP contribution in [0, 0.1) is 5.92 Å². The van der Waals surface area contributed by atoms with Crippen molar-refractivity contribution in [1.82, 2.24) is 4.90 Å². The number of ether oxygens (including phenoxy) is 1. The predicted molar refractivity (Wildman–Crippen MR) is 84.2 cm³/mol. The topological polar surface area (TPSA) is 38.5 Å². The van der Waals surface area contributed by atoms with Gasteiger partial charge in [0.2, 0.25) is 0 Å². The van der Waals surface area contributed by atoms with E-state index in [1.165, 1.54) is 11.1 Å². The lowest BCUT2D eigenvalue weighted by Crippen LogP contribution is -2.40. The first-order valence-electron chi connectivity index (χ1n) is 7.81. The van der Waals surface area contributed by atoms with Crippen LogP contribution in [-0.2, 0) is 0 Å². The van der Waals surface area contributed by atoms with Gasteiger partial charge >= 0.3 is 0 Å². The van der Waals surface area contributed by atoms with Crippen LogP contribution in [0.4, 0.5) is 0 Å². The third-order valence-corrected chi connectivity index (χ3v) is 4.39. The number of benzene rings is 1. The Hall–Kier alpha value is -1.06. The van der Waals surface area contributed by atoms with Gasteiger partial charge in [-0.15, -0.1) is 0 Å². The third-order valence-electron chi connectivity index (χ3n) is 4.39. The Morgan fingerprint density at radius 3 is 2.60 bits per heavy atom. The number of nitrogens with zero attached hydrogens (tertiary/aromatic N) is 1. The summed E-state index contributed by atoms with van der Waals surface area (Å²) >= 11 is 0. The summed E-state index contributed by atoms with van der Waals surface area (Å²) < 4.78 is 6.08. The Labute approximate surface area is 123 Å². The molecule has 0 aliphatic carbocycles. The van der Waals surface area contributed by atoms with E-state index in [1.54, 1.807) is 0 Å². The molecule has 1 aliphatic rings. The quantitative estimate of drug-likeness (QED) is 0.898. The molecule has 0 amide bonds. The van der Waals surface area contributed by atoms with Gasteiger partial charge in [0.1, 0.15) is 5.75 Å². The summed E-state index contributed by atoms with van der Waals surface area (Å²) in [6, 6.07) is 6.47. The Kier molecular flexibility index (Phi) is 5.06. The summed E-state index contributed by atoms with van der Waals surface area (Å²) in [5, 5.41) is 0. The minimum atomic E-state index is 0.0815. The largest absolute Gasteiger partial charge is 0.493 e. The molecule has 2 unspecified atom stereocenters. The first kappa shape index (κ1) is 15.3. The summed E-state index contributed by atoms with van der Waals surface area (Å²) in [5.41, 5.74) is 8.97. The summed E-state index contributed by atoms with van der Waals surface area (Å²) in [4.78, 5) is 2.42. The van der Waals surface area contributed by atoms with E-state index in [1.807, 2.05) is 0 Å². The molecule has 1 aromatic carbocycles.